The molecule has 0 spiro atoms. The zero-order chi connectivity index (χ0) is 14.0. The monoisotopic (exact) mass is 287 g/mol. The first kappa shape index (κ1) is 13.7. The van der Waals surface area contributed by atoms with Crippen LogP contribution < -0.4 is 5.56 Å². The Kier molecular flexibility index (Phi) is 3.66. The molecular formula is C13H9ClF3NO. The molecule has 0 aliphatic heterocycles. The SMILES string of the molecule is O=c1c(C(F)(F)F)cccn1Cc1ccc(Cl)cc1. The van der Waals surface area contributed by atoms with Crippen LogP contribution in [0.5, 0.6) is 0 Å². The molecule has 2 rings (SSSR count). The van der Waals surface area contributed by atoms with Crippen LogP contribution in [0.25, 0.3) is 0 Å². The predicted octanol–water partition coefficient (Wildman–Crippen LogP) is 3.57. The van der Waals surface area contributed by atoms with Crippen molar-refractivity contribution in [2.24, 2.45) is 0 Å². The predicted molar refractivity (Wildman–Crippen MR) is 66.3 cm³/mol. The van der Waals surface area contributed by atoms with E-state index in [0.717, 1.165) is 10.6 Å². The minimum absolute atomic E-state index is 0.0694. The molecule has 2 nitrogen and oxygen atoms in total. The van der Waals surface area contributed by atoms with Gasteiger partial charge in [-0.05, 0) is 29.8 Å². The average Bonchev–Trinajstić information content (AvgIpc) is 2.33. The maximum absolute atomic E-state index is 12.6. The summed E-state index contributed by atoms with van der Waals surface area (Å²) in [5.41, 5.74) is -1.51. The van der Waals surface area contributed by atoms with Crippen molar-refractivity contribution in [3.8, 4) is 0 Å². The van der Waals surface area contributed by atoms with E-state index in [9.17, 15) is 18.0 Å². The first-order chi connectivity index (χ1) is 8.88. The largest absolute Gasteiger partial charge is 0.421 e. The number of nitrogens with zero attached hydrogens (tertiary/aromatic N) is 1. The molecule has 0 unspecified atom stereocenters. The minimum Gasteiger partial charge on any atom is -0.311 e. The molecule has 1 aromatic carbocycles. The topological polar surface area (TPSA) is 22.0 Å². The maximum Gasteiger partial charge on any atom is 0.421 e. The van der Waals surface area contributed by atoms with Gasteiger partial charge in [-0.15, -0.1) is 0 Å². The lowest BCUT2D eigenvalue weighted by atomic mass is 10.2. The van der Waals surface area contributed by atoms with Gasteiger partial charge in [0.1, 0.15) is 5.56 Å². The van der Waals surface area contributed by atoms with E-state index in [1.807, 2.05) is 0 Å². The van der Waals surface area contributed by atoms with E-state index < -0.39 is 17.3 Å². The summed E-state index contributed by atoms with van der Waals surface area (Å²) in [4.78, 5) is 11.7. The van der Waals surface area contributed by atoms with Crippen LogP contribution in [0.4, 0.5) is 13.2 Å². The molecule has 6 heteroatoms. The van der Waals surface area contributed by atoms with Crippen LogP contribution >= 0.6 is 11.6 Å². The third kappa shape index (κ3) is 3.17. The molecule has 0 amide bonds. The number of aromatic nitrogens is 1. The van der Waals surface area contributed by atoms with Gasteiger partial charge in [0.05, 0.1) is 6.54 Å². The van der Waals surface area contributed by atoms with Gasteiger partial charge in [-0.25, -0.2) is 0 Å². The number of hydrogen-bond acceptors (Lipinski definition) is 1. The number of rotatable bonds is 2. The summed E-state index contributed by atoms with van der Waals surface area (Å²) >= 11 is 5.71. The lowest BCUT2D eigenvalue weighted by Crippen LogP contribution is -2.28. The van der Waals surface area contributed by atoms with Crippen LogP contribution in [0.15, 0.2) is 47.4 Å². The molecule has 0 saturated heterocycles. The number of hydrogen-bond donors (Lipinski definition) is 0. The van der Waals surface area contributed by atoms with E-state index in [1.54, 1.807) is 24.3 Å². The Balaban J connectivity index is 2.37. The van der Waals surface area contributed by atoms with E-state index in [1.165, 1.54) is 12.3 Å². The lowest BCUT2D eigenvalue weighted by Gasteiger charge is -2.10. The van der Waals surface area contributed by atoms with Crippen molar-refractivity contribution in [1.82, 2.24) is 4.57 Å². The van der Waals surface area contributed by atoms with E-state index in [4.69, 9.17) is 11.6 Å². The van der Waals surface area contributed by atoms with Crippen molar-refractivity contribution >= 4 is 11.6 Å². The Morgan fingerprint density at radius 1 is 1.11 bits per heavy atom. The van der Waals surface area contributed by atoms with E-state index in [0.29, 0.717) is 10.6 Å². The van der Waals surface area contributed by atoms with Crippen molar-refractivity contribution < 1.29 is 13.2 Å². The highest BCUT2D eigenvalue weighted by Gasteiger charge is 2.34. The molecule has 2 aromatic rings. The summed E-state index contributed by atoms with van der Waals surface area (Å²) in [6.45, 7) is 0.0694. The smallest absolute Gasteiger partial charge is 0.311 e. The molecule has 1 heterocycles. The quantitative estimate of drug-likeness (QED) is 0.828. The second kappa shape index (κ2) is 5.09. The Labute approximate surface area is 112 Å². The zero-order valence-corrected chi connectivity index (χ0v) is 10.4. The molecule has 0 aliphatic carbocycles. The number of pyridine rings is 1. The van der Waals surface area contributed by atoms with Gasteiger partial charge in [0.15, 0.2) is 0 Å². The summed E-state index contributed by atoms with van der Waals surface area (Å²) in [7, 11) is 0. The van der Waals surface area contributed by atoms with Crippen molar-refractivity contribution in [2.45, 2.75) is 12.7 Å². The van der Waals surface area contributed by atoms with Gasteiger partial charge >= 0.3 is 6.18 Å². The van der Waals surface area contributed by atoms with Crippen LogP contribution in [0.1, 0.15) is 11.1 Å². The van der Waals surface area contributed by atoms with Crippen molar-refractivity contribution in [3.63, 3.8) is 0 Å². The fraction of sp³-hybridized carbons (Fsp3) is 0.154. The fourth-order valence-corrected chi connectivity index (χ4v) is 1.79. The second-order valence-corrected chi connectivity index (χ2v) is 4.42. The van der Waals surface area contributed by atoms with Gasteiger partial charge in [0.2, 0.25) is 0 Å². The zero-order valence-electron chi connectivity index (χ0n) is 9.62. The summed E-state index contributed by atoms with van der Waals surface area (Å²) in [5.74, 6) is 0. The first-order valence-corrected chi connectivity index (χ1v) is 5.77. The Hall–Kier alpha value is -1.75. The molecule has 19 heavy (non-hydrogen) atoms. The Bertz CT molecular complexity index is 632. The van der Waals surface area contributed by atoms with Crippen LogP contribution in [0.2, 0.25) is 5.02 Å². The van der Waals surface area contributed by atoms with Crippen LogP contribution in [-0.2, 0) is 12.7 Å². The van der Waals surface area contributed by atoms with E-state index >= 15 is 0 Å². The van der Waals surface area contributed by atoms with Crippen molar-refractivity contribution in [1.29, 1.82) is 0 Å². The molecule has 0 fully saturated rings. The van der Waals surface area contributed by atoms with Crippen LogP contribution in [-0.4, -0.2) is 4.57 Å². The molecule has 0 atom stereocenters. The highest BCUT2D eigenvalue weighted by atomic mass is 35.5. The third-order valence-electron chi connectivity index (χ3n) is 2.59. The van der Waals surface area contributed by atoms with Gasteiger partial charge < -0.3 is 4.57 Å². The minimum atomic E-state index is -4.64. The standard InChI is InChI=1S/C13H9ClF3NO/c14-10-5-3-9(4-6-10)8-18-7-1-2-11(12(18)19)13(15,16)17/h1-7H,8H2. The van der Waals surface area contributed by atoms with Gasteiger partial charge in [-0.3, -0.25) is 4.79 Å². The summed E-state index contributed by atoms with van der Waals surface area (Å²) in [6.07, 6.45) is -3.31. The van der Waals surface area contributed by atoms with Gasteiger partial charge in [-0.1, -0.05) is 23.7 Å². The normalized spacial score (nSPS) is 11.6. The summed E-state index contributed by atoms with van der Waals surface area (Å²) in [5, 5.41) is 0.528. The Morgan fingerprint density at radius 3 is 2.32 bits per heavy atom. The van der Waals surface area contributed by atoms with E-state index in [-0.39, 0.29) is 6.54 Å². The van der Waals surface area contributed by atoms with Gasteiger partial charge in [0.25, 0.3) is 5.56 Å². The molecule has 100 valence electrons. The molecule has 0 aliphatic rings. The molecule has 0 bridgehead atoms. The molecule has 0 radical (unpaired) electrons. The second-order valence-electron chi connectivity index (χ2n) is 3.98. The average molecular weight is 288 g/mol. The van der Waals surface area contributed by atoms with Crippen LogP contribution in [0.3, 0.4) is 0 Å². The third-order valence-corrected chi connectivity index (χ3v) is 2.84. The lowest BCUT2D eigenvalue weighted by molar-refractivity contribution is -0.138. The van der Waals surface area contributed by atoms with Crippen LogP contribution in [0, 0.1) is 0 Å². The highest BCUT2D eigenvalue weighted by Crippen LogP contribution is 2.26. The molecule has 0 saturated carbocycles. The molecular weight excluding hydrogens is 279 g/mol. The van der Waals surface area contributed by atoms with Gasteiger partial charge in [-0.2, -0.15) is 13.2 Å². The summed E-state index contributed by atoms with van der Waals surface area (Å²) in [6, 6.07) is 8.55. The maximum atomic E-state index is 12.6. The summed E-state index contributed by atoms with van der Waals surface area (Å²) < 4.78 is 38.8. The Morgan fingerprint density at radius 2 is 1.74 bits per heavy atom. The first-order valence-electron chi connectivity index (χ1n) is 5.39. The molecule has 0 N–H and O–H groups in total. The molecule has 1 aromatic heterocycles. The highest BCUT2D eigenvalue weighted by molar-refractivity contribution is 6.30. The van der Waals surface area contributed by atoms with Crippen molar-refractivity contribution in [2.75, 3.05) is 0 Å². The van der Waals surface area contributed by atoms with E-state index in [2.05, 4.69) is 0 Å². The number of alkyl halides is 3. The number of benzene rings is 1. The van der Waals surface area contributed by atoms with Gasteiger partial charge in [0, 0.05) is 11.2 Å². The van der Waals surface area contributed by atoms with Crippen molar-refractivity contribution in [3.05, 3.63) is 69.1 Å². The fourth-order valence-electron chi connectivity index (χ4n) is 1.66. The number of halogens is 4.